The van der Waals surface area contributed by atoms with E-state index in [9.17, 15) is 0 Å². The molecule has 5 rings (SSSR count). The molecule has 3 aromatic rings. The Bertz CT molecular complexity index is 1060. The number of fused-ring (bicyclic) bond motifs is 4. The summed E-state index contributed by atoms with van der Waals surface area (Å²) in [7, 11) is 2.14. The molecule has 0 saturated carbocycles. The van der Waals surface area contributed by atoms with Gasteiger partial charge in [0.2, 0.25) is 0 Å². The van der Waals surface area contributed by atoms with Crippen LogP contribution in [-0.2, 0) is 10.3 Å². The summed E-state index contributed by atoms with van der Waals surface area (Å²) in [5.41, 5.74) is 10.5. The first-order chi connectivity index (χ1) is 13.5. The third-order valence-electron chi connectivity index (χ3n) is 6.21. The minimum Gasteiger partial charge on any atom is -0.394 e. The molecule has 1 spiro atoms. The number of anilines is 2. The Morgan fingerprint density at radius 2 is 1.39 bits per heavy atom. The maximum absolute atomic E-state index is 5.86. The highest BCUT2D eigenvalue weighted by atomic mass is 16.6. The van der Waals surface area contributed by atoms with Crippen molar-refractivity contribution in [3.05, 3.63) is 94.0 Å². The average molecular weight is 368 g/mol. The van der Waals surface area contributed by atoms with Crippen molar-refractivity contribution >= 4 is 17.1 Å². The normalized spacial score (nSPS) is 16.4. The minimum atomic E-state index is -0.398. The van der Waals surface area contributed by atoms with Crippen molar-refractivity contribution in [2.24, 2.45) is 5.16 Å². The summed E-state index contributed by atoms with van der Waals surface area (Å²) in [5.74, 6) is 0. The lowest BCUT2D eigenvalue weighted by Gasteiger charge is -2.41. The Labute approximate surface area is 166 Å². The average Bonchev–Trinajstić information content (AvgIpc) is 3.11. The zero-order chi connectivity index (χ0) is 19.5. The van der Waals surface area contributed by atoms with Crippen LogP contribution in [0.2, 0.25) is 0 Å². The number of oxime groups is 1. The van der Waals surface area contributed by atoms with Crippen LogP contribution in [0.25, 0.3) is 0 Å². The Morgan fingerprint density at radius 3 is 1.96 bits per heavy atom. The molecule has 0 bridgehead atoms. The standard InChI is InChI=1S/C25H24N2O/c1-16-13-17(2)23(18(3)14-16)24-25(15-28-26-24)19-9-5-7-11-21(19)27(4)22-12-8-6-10-20(22)25/h5-14H,15H2,1-4H3. The van der Waals surface area contributed by atoms with E-state index in [0.717, 1.165) is 5.71 Å². The highest BCUT2D eigenvalue weighted by Gasteiger charge is 2.51. The second kappa shape index (κ2) is 5.96. The Hall–Kier alpha value is -3.07. The molecule has 3 heteroatoms. The third kappa shape index (κ3) is 2.13. The van der Waals surface area contributed by atoms with Crippen LogP contribution in [0.3, 0.4) is 0 Å². The summed E-state index contributed by atoms with van der Waals surface area (Å²) >= 11 is 0. The number of hydrogen-bond donors (Lipinski definition) is 0. The van der Waals surface area contributed by atoms with Crippen molar-refractivity contribution in [2.45, 2.75) is 26.2 Å². The molecule has 2 heterocycles. The fourth-order valence-electron chi connectivity index (χ4n) is 5.09. The number of hydrogen-bond acceptors (Lipinski definition) is 3. The van der Waals surface area contributed by atoms with Gasteiger partial charge in [0.25, 0.3) is 0 Å². The lowest BCUT2D eigenvalue weighted by atomic mass is 9.66. The molecular weight excluding hydrogens is 344 g/mol. The monoisotopic (exact) mass is 368 g/mol. The summed E-state index contributed by atoms with van der Waals surface area (Å²) in [6.45, 7) is 7.02. The van der Waals surface area contributed by atoms with Crippen molar-refractivity contribution < 1.29 is 4.84 Å². The van der Waals surface area contributed by atoms with Gasteiger partial charge in [0, 0.05) is 24.0 Å². The number of nitrogens with zero attached hydrogens (tertiary/aromatic N) is 2. The first-order valence-corrected chi connectivity index (χ1v) is 9.75. The summed E-state index contributed by atoms with van der Waals surface area (Å²) in [6.07, 6.45) is 0. The third-order valence-corrected chi connectivity index (χ3v) is 6.21. The number of benzene rings is 3. The van der Waals surface area contributed by atoms with Crippen LogP contribution < -0.4 is 4.90 Å². The van der Waals surface area contributed by atoms with E-state index in [-0.39, 0.29) is 0 Å². The maximum atomic E-state index is 5.86. The van der Waals surface area contributed by atoms with Crippen LogP contribution in [0.1, 0.15) is 33.4 Å². The van der Waals surface area contributed by atoms with Gasteiger partial charge in [0.1, 0.15) is 17.7 Å². The van der Waals surface area contributed by atoms with E-state index in [1.54, 1.807) is 0 Å². The van der Waals surface area contributed by atoms with Gasteiger partial charge in [0.15, 0.2) is 0 Å². The van der Waals surface area contributed by atoms with Gasteiger partial charge in [-0.1, -0.05) is 59.3 Å². The molecule has 0 aliphatic carbocycles. The highest BCUT2D eigenvalue weighted by molar-refractivity contribution is 6.15. The van der Waals surface area contributed by atoms with Crippen LogP contribution >= 0.6 is 0 Å². The van der Waals surface area contributed by atoms with Crippen molar-refractivity contribution in [3.63, 3.8) is 0 Å². The molecule has 140 valence electrons. The van der Waals surface area contributed by atoms with Crippen molar-refractivity contribution in [1.82, 2.24) is 0 Å². The smallest absolute Gasteiger partial charge is 0.136 e. The quantitative estimate of drug-likeness (QED) is 0.573. The van der Waals surface area contributed by atoms with Crippen molar-refractivity contribution in [3.8, 4) is 0 Å². The molecule has 0 N–H and O–H groups in total. The Morgan fingerprint density at radius 1 is 0.857 bits per heavy atom. The highest BCUT2D eigenvalue weighted by Crippen LogP contribution is 2.52. The molecule has 0 radical (unpaired) electrons. The van der Waals surface area contributed by atoms with E-state index in [2.05, 4.69) is 98.5 Å². The lowest BCUT2D eigenvalue weighted by Crippen LogP contribution is -2.43. The summed E-state index contributed by atoms with van der Waals surface area (Å²) in [5, 5.41) is 4.66. The van der Waals surface area contributed by atoms with Gasteiger partial charge in [-0.25, -0.2) is 0 Å². The van der Waals surface area contributed by atoms with E-state index in [1.807, 2.05) is 0 Å². The fraction of sp³-hybridized carbons (Fsp3) is 0.240. The van der Waals surface area contributed by atoms with Gasteiger partial charge in [0.05, 0.1) is 0 Å². The van der Waals surface area contributed by atoms with Crippen LogP contribution in [-0.4, -0.2) is 19.4 Å². The number of para-hydroxylation sites is 2. The molecule has 2 aliphatic rings. The van der Waals surface area contributed by atoms with Gasteiger partial charge in [-0.3, -0.25) is 0 Å². The van der Waals surface area contributed by atoms with Crippen molar-refractivity contribution in [1.29, 1.82) is 0 Å². The second-order valence-electron chi connectivity index (χ2n) is 7.99. The molecule has 3 aromatic carbocycles. The zero-order valence-corrected chi connectivity index (χ0v) is 16.8. The van der Waals surface area contributed by atoms with Gasteiger partial charge in [-0.15, -0.1) is 0 Å². The second-order valence-corrected chi connectivity index (χ2v) is 7.99. The molecule has 0 saturated heterocycles. The predicted octanol–water partition coefficient (Wildman–Crippen LogP) is 5.41. The first-order valence-electron chi connectivity index (χ1n) is 9.75. The molecule has 28 heavy (non-hydrogen) atoms. The van der Waals surface area contributed by atoms with E-state index in [1.165, 1.54) is 44.8 Å². The number of rotatable bonds is 1. The molecule has 0 fully saturated rings. The Kier molecular flexibility index (Phi) is 3.63. The van der Waals surface area contributed by atoms with Gasteiger partial charge in [-0.05, 0) is 55.2 Å². The first kappa shape index (κ1) is 17.1. The van der Waals surface area contributed by atoms with E-state index < -0.39 is 5.41 Å². The van der Waals surface area contributed by atoms with Crippen LogP contribution in [0.15, 0.2) is 65.8 Å². The van der Waals surface area contributed by atoms with E-state index in [0.29, 0.717) is 6.61 Å². The zero-order valence-electron chi connectivity index (χ0n) is 16.8. The van der Waals surface area contributed by atoms with E-state index in [4.69, 9.17) is 4.84 Å². The minimum absolute atomic E-state index is 0.398. The van der Waals surface area contributed by atoms with E-state index >= 15 is 0 Å². The summed E-state index contributed by atoms with van der Waals surface area (Å²) in [4.78, 5) is 8.14. The van der Waals surface area contributed by atoms with Gasteiger partial charge >= 0.3 is 0 Å². The predicted molar refractivity (Wildman–Crippen MR) is 115 cm³/mol. The largest absolute Gasteiger partial charge is 0.394 e. The number of aryl methyl sites for hydroxylation is 3. The van der Waals surface area contributed by atoms with Crippen LogP contribution in [0, 0.1) is 20.8 Å². The molecule has 0 unspecified atom stereocenters. The lowest BCUT2D eigenvalue weighted by molar-refractivity contribution is 0.152. The maximum Gasteiger partial charge on any atom is 0.136 e. The SMILES string of the molecule is Cc1cc(C)c(C2=NOCC23c2ccccc2N(C)c2ccccc23)c(C)c1. The molecule has 0 aromatic heterocycles. The van der Waals surface area contributed by atoms with Crippen LogP contribution in [0.4, 0.5) is 11.4 Å². The van der Waals surface area contributed by atoms with Gasteiger partial charge < -0.3 is 9.74 Å². The molecule has 3 nitrogen and oxygen atoms in total. The molecular formula is C25H24N2O. The topological polar surface area (TPSA) is 24.8 Å². The van der Waals surface area contributed by atoms with Gasteiger partial charge in [-0.2, -0.15) is 0 Å². The molecule has 0 amide bonds. The summed E-state index contributed by atoms with van der Waals surface area (Å²) < 4.78 is 0. The van der Waals surface area contributed by atoms with Crippen LogP contribution in [0.5, 0.6) is 0 Å². The molecule has 2 aliphatic heterocycles. The Balaban J connectivity index is 1.86. The fourth-order valence-corrected chi connectivity index (χ4v) is 5.09. The van der Waals surface area contributed by atoms with Crippen molar-refractivity contribution in [2.75, 3.05) is 18.6 Å². The summed E-state index contributed by atoms with van der Waals surface area (Å²) in [6, 6.07) is 21.8. The molecule has 0 atom stereocenters.